The smallest absolute Gasteiger partial charge is 0.213 e. The van der Waals surface area contributed by atoms with Gasteiger partial charge in [-0.25, -0.2) is 4.68 Å². The second-order valence-corrected chi connectivity index (χ2v) is 4.58. The van der Waals surface area contributed by atoms with Crippen LogP contribution < -0.4 is 5.73 Å². The number of rotatable bonds is 2. The van der Waals surface area contributed by atoms with Crippen LogP contribution in [0.5, 0.6) is 0 Å². The van der Waals surface area contributed by atoms with Gasteiger partial charge in [-0.15, -0.1) is 5.10 Å². The SMILES string of the molecule is CC(C)(C)c1c(N)nnn1Cc1ncon1. The average Bonchev–Trinajstić information content (AvgIpc) is 2.75. The minimum absolute atomic E-state index is 0.128. The van der Waals surface area contributed by atoms with E-state index in [1.54, 1.807) is 4.68 Å². The molecular weight excluding hydrogens is 208 g/mol. The summed E-state index contributed by atoms with van der Waals surface area (Å²) in [4.78, 5) is 3.94. The van der Waals surface area contributed by atoms with Crippen molar-refractivity contribution in [2.45, 2.75) is 32.7 Å². The summed E-state index contributed by atoms with van der Waals surface area (Å²) in [5.41, 5.74) is 6.54. The van der Waals surface area contributed by atoms with Gasteiger partial charge in [-0.3, -0.25) is 0 Å². The Morgan fingerprint density at radius 2 is 2.19 bits per heavy atom. The third-order valence-electron chi connectivity index (χ3n) is 2.17. The van der Waals surface area contributed by atoms with Gasteiger partial charge in [0, 0.05) is 5.41 Å². The van der Waals surface area contributed by atoms with Crippen LogP contribution in [0.15, 0.2) is 10.9 Å². The molecule has 0 aliphatic carbocycles. The number of nitrogen functional groups attached to an aromatic ring is 1. The lowest BCUT2D eigenvalue weighted by Gasteiger charge is -2.19. The largest absolute Gasteiger partial charge is 0.381 e. The molecule has 86 valence electrons. The second-order valence-electron chi connectivity index (χ2n) is 4.58. The van der Waals surface area contributed by atoms with E-state index < -0.39 is 0 Å². The molecule has 0 radical (unpaired) electrons. The minimum Gasteiger partial charge on any atom is -0.381 e. The fourth-order valence-electron chi connectivity index (χ4n) is 1.60. The molecule has 0 amide bonds. The van der Waals surface area contributed by atoms with Gasteiger partial charge in [0.2, 0.25) is 6.39 Å². The second kappa shape index (κ2) is 3.58. The normalized spacial score (nSPS) is 11.9. The lowest BCUT2D eigenvalue weighted by molar-refractivity contribution is 0.403. The van der Waals surface area contributed by atoms with E-state index in [1.807, 2.05) is 0 Å². The highest BCUT2D eigenvalue weighted by molar-refractivity contribution is 5.38. The topological polar surface area (TPSA) is 95.7 Å². The van der Waals surface area contributed by atoms with Crippen molar-refractivity contribution in [3.63, 3.8) is 0 Å². The van der Waals surface area contributed by atoms with Crippen molar-refractivity contribution in [3.8, 4) is 0 Å². The Morgan fingerprint density at radius 1 is 1.44 bits per heavy atom. The molecule has 2 heterocycles. The van der Waals surface area contributed by atoms with Gasteiger partial charge in [0.1, 0.15) is 6.54 Å². The average molecular weight is 222 g/mol. The van der Waals surface area contributed by atoms with E-state index in [4.69, 9.17) is 5.73 Å². The third-order valence-corrected chi connectivity index (χ3v) is 2.17. The minimum atomic E-state index is -0.128. The summed E-state index contributed by atoms with van der Waals surface area (Å²) in [6, 6.07) is 0. The quantitative estimate of drug-likeness (QED) is 0.798. The Morgan fingerprint density at radius 3 is 2.75 bits per heavy atom. The number of nitrogens with two attached hydrogens (primary N) is 1. The molecule has 0 aromatic carbocycles. The molecule has 7 nitrogen and oxygen atoms in total. The van der Waals surface area contributed by atoms with E-state index in [-0.39, 0.29) is 5.41 Å². The standard InChI is InChI=1S/C9H14N6O/c1-9(2,3)7-8(10)12-14-15(7)4-6-11-5-16-13-6/h5H,4,10H2,1-3H3. The van der Waals surface area contributed by atoms with E-state index in [0.717, 1.165) is 5.69 Å². The predicted molar refractivity (Wildman–Crippen MR) is 56.5 cm³/mol. The van der Waals surface area contributed by atoms with Crippen LogP contribution in [-0.2, 0) is 12.0 Å². The van der Waals surface area contributed by atoms with Crippen LogP contribution in [0.2, 0.25) is 0 Å². The molecule has 0 bridgehead atoms. The Balaban J connectivity index is 2.35. The number of aromatic nitrogens is 5. The number of hydrogen-bond donors (Lipinski definition) is 1. The van der Waals surface area contributed by atoms with Crippen molar-refractivity contribution in [3.05, 3.63) is 17.9 Å². The Hall–Kier alpha value is -1.92. The van der Waals surface area contributed by atoms with Crippen LogP contribution in [0, 0.1) is 0 Å². The Kier molecular flexibility index (Phi) is 2.37. The Bertz CT molecular complexity index is 467. The van der Waals surface area contributed by atoms with Gasteiger partial charge in [0.05, 0.1) is 5.69 Å². The maximum Gasteiger partial charge on any atom is 0.213 e. The summed E-state index contributed by atoms with van der Waals surface area (Å²) in [6.07, 6.45) is 1.28. The first kappa shape index (κ1) is 10.6. The van der Waals surface area contributed by atoms with Gasteiger partial charge in [0.25, 0.3) is 0 Å². The molecule has 0 fully saturated rings. The van der Waals surface area contributed by atoms with Gasteiger partial charge in [-0.2, -0.15) is 4.98 Å². The summed E-state index contributed by atoms with van der Waals surface area (Å²) < 4.78 is 6.36. The van der Waals surface area contributed by atoms with Crippen molar-refractivity contribution in [2.24, 2.45) is 0 Å². The monoisotopic (exact) mass is 222 g/mol. The van der Waals surface area contributed by atoms with Crippen LogP contribution in [0.25, 0.3) is 0 Å². The van der Waals surface area contributed by atoms with E-state index in [1.165, 1.54) is 6.39 Å². The third kappa shape index (κ3) is 1.88. The van der Waals surface area contributed by atoms with Crippen molar-refractivity contribution in [1.82, 2.24) is 25.1 Å². The molecule has 0 aliphatic heterocycles. The Labute approximate surface area is 92.6 Å². The van der Waals surface area contributed by atoms with E-state index >= 15 is 0 Å². The van der Waals surface area contributed by atoms with Crippen LogP contribution in [-0.4, -0.2) is 25.1 Å². The van der Waals surface area contributed by atoms with Crippen molar-refractivity contribution < 1.29 is 4.52 Å². The van der Waals surface area contributed by atoms with Gasteiger partial charge in [-0.1, -0.05) is 31.1 Å². The summed E-state index contributed by atoms with van der Waals surface area (Å²) in [5, 5.41) is 11.6. The zero-order valence-corrected chi connectivity index (χ0v) is 9.51. The van der Waals surface area contributed by atoms with Crippen LogP contribution in [0.1, 0.15) is 32.3 Å². The first-order valence-electron chi connectivity index (χ1n) is 4.93. The van der Waals surface area contributed by atoms with Gasteiger partial charge >= 0.3 is 0 Å². The van der Waals surface area contributed by atoms with Crippen molar-refractivity contribution in [2.75, 3.05) is 5.73 Å². The van der Waals surface area contributed by atoms with Crippen LogP contribution in [0.4, 0.5) is 5.82 Å². The number of anilines is 1. The number of nitrogens with zero attached hydrogens (tertiary/aromatic N) is 5. The maximum atomic E-state index is 5.80. The van der Waals surface area contributed by atoms with E-state index in [2.05, 4.69) is 45.7 Å². The number of hydrogen-bond acceptors (Lipinski definition) is 6. The molecule has 7 heteroatoms. The molecule has 0 spiro atoms. The van der Waals surface area contributed by atoms with E-state index in [9.17, 15) is 0 Å². The first-order chi connectivity index (χ1) is 7.48. The molecule has 0 atom stereocenters. The molecule has 0 saturated heterocycles. The summed E-state index contributed by atoms with van der Waals surface area (Å²) >= 11 is 0. The van der Waals surface area contributed by atoms with Crippen LogP contribution in [0.3, 0.4) is 0 Å². The zero-order valence-electron chi connectivity index (χ0n) is 9.51. The summed E-state index contributed by atoms with van der Waals surface area (Å²) in [7, 11) is 0. The van der Waals surface area contributed by atoms with Crippen molar-refractivity contribution >= 4 is 5.82 Å². The molecule has 0 aliphatic rings. The molecule has 16 heavy (non-hydrogen) atoms. The molecule has 2 N–H and O–H groups in total. The van der Waals surface area contributed by atoms with Gasteiger partial charge in [0.15, 0.2) is 11.6 Å². The predicted octanol–water partition coefficient (Wildman–Crippen LogP) is 0.589. The summed E-state index contributed by atoms with van der Waals surface area (Å²) in [5.74, 6) is 0.992. The first-order valence-corrected chi connectivity index (χ1v) is 4.93. The van der Waals surface area contributed by atoms with Gasteiger partial charge < -0.3 is 10.3 Å². The molecule has 0 saturated carbocycles. The highest BCUT2D eigenvalue weighted by Crippen LogP contribution is 2.26. The highest BCUT2D eigenvalue weighted by atomic mass is 16.5. The molecule has 0 unspecified atom stereocenters. The molecule has 2 rings (SSSR count). The van der Waals surface area contributed by atoms with Crippen molar-refractivity contribution in [1.29, 1.82) is 0 Å². The highest BCUT2D eigenvalue weighted by Gasteiger charge is 2.24. The fourth-order valence-corrected chi connectivity index (χ4v) is 1.60. The fraction of sp³-hybridized carbons (Fsp3) is 0.556. The molecular formula is C9H14N6O. The summed E-state index contributed by atoms with van der Waals surface area (Å²) in [6.45, 7) is 6.56. The zero-order chi connectivity index (χ0) is 11.8. The van der Waals surface area contributed by atoms with Crippen LogP contribution >= 0.6 is 0 Å². The van der Waals surface area contributed by atoms with Gasteiger partial charge in [-0.05, 0) is 0 Å². The lowest BCUT2D eigenvalue weighted by atomic mass is 9.92. The molecule has 2 aromatic rings. The molecule has 2 aromatic heterocycles. The lowest BCUT2D eigenvalue weighted by Crippen LogP contribution is -2.20. The van der Waals surface area contributed by atoms with E-state index in [0.29, 0.717) is 18.2 Å². The maximum absolute atomic E-state index is 5.80.